The van der Waals surface area contributed by atoms with Crippen molar-refractivity contribution in [2.24, 2.45) is 0 Å². The van der Waals surface area contributed by atoms with E-state index in [1.165, 1.54) is 54.2 Å². The molecule has 0 aromatic heterocycles. The van der Waals surface area contributed by atoms with Gasteiger partial charge in [0.15, 0.2) is 0 Å². The molecule has 0 saturated heterocycles. The van der Waals surface area contributed by atoms with E-state index >= 15 is 0 Å². The van der Waals surface area contributed by atoms with Crippen molar-refractivity contribution in [3.63, 3.8) is 0 Å². The Morgan fingerprint density at radius 3 is 2.23 bits per heavy atom. The summed E-state index contributed by atoms with van der Waals surface area (Å²) in [5.41, 5.74) is 1.73. The van der Waals surface area contributed by atoms with Gasteiger partial charge in [-0.05, 0) is 74.0 Å². The first kappa shape index (κ1) is 30.7. The zero-order valence-electron chi connectivity index (χ0n) is 23.2. The number of hydrogen-bond donors (Lipinski definition) is 3. The molecule has 0 heterocycles. The van der Waals surface area contributed by atoms with Crippen LogP contribution in [0.1, 0.15) is 28.4 Å². The van der Waals surface area contributed by atoms with Crippen molar-refractivity contribution in [3.8, 4) is 0 Å². The molecule has 3 amide bonds. The lowest BCUT2D eigenvalue weighted by atomic mass is 10.1. The standard InChI is InChI=1S/C32H27FN4O5S/c1-20-18-25(37(41)42)14-17-28(20)35-30(38)21(2)43-26-15-12-24(13-16-26)34-32(40)29(19-23-10-6-7-11-27(23)33)36-31(39)22-8-4-3-5-9-22/h3-19,21H,1-2H3,(H,34,40)(H,35,38)(H,36,39)/b29-19-. The van der Waals surface area contributed by atoms with Crippen LogP contribution in [0.3, 0.4) is 0 Å². The second kappa shape index (κ2) is 14.1. The van der Waals surface area contributed by atoms with Crippen LogP contribution in [0, 0.1) is 22.9 Å². The van der Waals surface area contributed by atoms with E-state index < -0.39 is 27.8 Å². The molecule has 0 aliphatic carbocycles. The van der Waals surface area contributed by atoms with Crippen LogP contribution < -0.4 is 16.0 Å². The Balaban J connectivity index is 1.42. The van der Waals surface area contributed by atoms with Crippen molar-refractivity contribution in [2.45, 2.75) is 24.0 Å². The molecule has 0 radical (unpaired) electrons. The summed E-state index contributed by atoms with van der Waals surface area (Å²) < 4.78 is 14.3. The maximum absolute atomic E-state index is 14.3. The number of nitrogens with zero attached hydrogens (tertiary/aromatic N) is 1. The quantitative estimate of drug-likeness (QED) is 0.0819. The summed E-state index contributed by atoms with van der Waals surface area (Å²) in [6.45, 7) is 3.41. The summed E-state index contributed by atoms with van der Waals surface area (Å²) in [6, 6.07) is 25.2. The van der Waals surface area contributed by atoms with Crippen molar-refractivity contribution in [1.82, 2.24) is 5.32 Å². The minimum atomic E-state index is -0.654. The lowest BCUT2D eigenvalue weighted by Gasteiger charge is -2.14. The smallest absolute Gasteiger partial charge is 0.272 e. The van der Waals surface area contributed by atoms with Crippen molar-refractivity contribution in [3.05, 3.63) is 135 Å². The van der Waals surface area contributed by atoms with Gasteiger partial charge in [-0.2, -0.15) is 0 Å². The van der Waals surface area contributed by atoms with Crippen LogP contribution in [0.5, 0.6) is 0 Å². The van der Waals surface area contributed by atoms with Gasteiger partial charge in [-0.25, -0.2) is 4.39 Å². The number of nitro groups is 1. The molecule has 0 aliphatic rings. The maximum Gasteiger partial charge on any atom is 0.272 e. The van der Waals surface area contributed by atoms with E-state index in [0.717, 1.165) is 4.90 Å². The highest BCUT2D eigenvalue weighted by atomic mass is 32.2. The van der Waals surface area contributed by atoms with E-state index in [2.05, 4.69) is 16.0 Å². The van der Waals surface area contributed by atoms with Crippen molar-refractivity contribution in [1.29, 1.82) is 0 Å². The molecule has 43 heavy (non-hydrogen) atoms. The number of aryl methyl sites for hydroxylation is 1. The number of nitro benzene ring substituents is 1. The van der Waals surface area contributed by atoms with Crippen LogP contribution in [-0.2, 0) is 9.59 Å². The average molecular weight is 599 g/mol. The third-order valence-corrected chi connectivity index (χ3v) is 7.32. The molecule has 3 N–H and O–H groups in total. The molecular weight excluding hydrogens is 571 g/mol. The topological polar surface area (TPSA) is 130 Å². The van der Waals surface area contributed by atoms with Crippen LogP contribution >= 0.6 is 11.8 Å². The van der Waals surface area contributed by atoms with E-state index in [9.17, 15) is 28.9 Å². The molecule has 11 heteroatoms. The number of carbonyl (C=O) groups excluding carboxylic acids is 3. The Labute approximate surface area is 251 Å². The Hall–Kier alpha value is -5.29. The molecule has 1 unspecified atom stereocenters. The van der Waals surface area contributed by atoms with Gasteiger partial charge >= 0.3 is 0 Å². The van der Waals surface area contributed by atoms with Crippen LogP contribution in [0.25, 0.3) is 6.08 Å². The number of nitrogens with one attached hydrogen (secondary N) is 3. The predicted molar refractivity (Wildman–Crippen MR) is 165 cm³/mol. The third kappa shape index (κ3) is 8.37. The number of carbonyl (C=O) groups is 3. The number of rotatable bonds is 10. The fourth-order valence-electron chi connectivity index (χ4n) is 3.90. The number of thioether (sulfide) groups is 1. The van der Waals surface area contributed by atoms with Gasteiger partial charge in [-0.1, -0.05) is 36.4 Å². The zero-order chi connectivity index (χ0) is 30.9. The Kier molecular flexibility index (Phi) is 10.0. The fourth-order valence-corrected chi connectivity index (χ4v) is 4.77. The van der Waals surface area contributed by atoms with Crippen LogP contribution in [-0.4, -0.2) is 27.9 Å². The summed E-state index contributed by atoms with van der Waals surface area (Å²) >= 11 is 1.29. The highest BCUT2D eigenvalue weighted by Gasteiger charge is 2.18. The van der Waals surface area contributed by atoms with Crippen LogP contribution in [0.4, 0.5) is 21.5 Å². The summed E-state index contributed by atoms with van der Waals surface area (Å²) in [7, 11) is 0. The number of hydrogen-bond acceptors (Lipinski definition) is 6. The van der Waals surface area contributed by atoms with Crippen molar-refractivity contribution in [2.75, 3.05) is 10.6 Å². The van der Waals surface area contributed by atoms with Gasteiger partial charge in [0, 0.05) is 39.5 Å². The van der Waals surface area contributed by atoms with E-state index in [4.69, 9.17) is 0 Å². The summed E-state index contributed by atoms with van der Waals surface area (Å²) in [5.74, 6) is -2.01. The first-order chi connectivity index (χ1) is 20.6. The monoisotopic (exact) mass is 598 g/mol. The van der Waals surface area contributed by atoms with E-state index in [1.54, 1.807) is 74.5 Å². The van der Waals surface area contributed by atoms with E-state index in [0.29, 0.717) is 22.5 Å². The molecule has 4 rings (SSSR count). The Morgan fingerprint density at radius 2 is 1.58 bits per heavy atom. The number of anilines is 2. The van der Waals surface area contributed by atoms with Crippen LogP contribution in [0.2, 0.25) is 0 Å². The predicted octanol–water partition coefficient (Wildman–Crippen LogP) is 6.57. The third-order valence-electron chi connectivity index (χ3n) is 6.21. The van der Waals surface area contributed by atoms with Gasteiger partial charge < -0.3 is 16.0 Å². The van der Waals surface area contributed by atoms with Crippen molar-refractivity contribution >= 4 is 52.6 Å². The number of halogens is 1. The number of benzene rings is 4. The second-order valence-electron chi connectivity index (χ2n) is 9.38. The van der Waals surface area contributed by atoms with Gasteiger partial charge in [-0.15, -0.1) is 11.8 Å². The normalized spacial score (nSPS) is 11.7. The summed E-state index contributed by atoms with van der Waals surface area (Å²) in [5, 5.41) is 18.5. The Morgan fingerprint density at radius 1 is 0.907 bits per heavy atom. The van der Waals surface area contributed by atoms with Crippen molar-refractivity contribution < 1.29 is 23.7 Å². The first-order valence-corrected chi connectivity index (χ1v) is 14.0. The molecule has 4 aromatic carbocycles. The maximum atomic E-state index is 14.3. The van der Waals surface area contributed by atoms with Crippen LogP contribution in [0.15, 0.2) is 108 Å². The number of non-ortho nitro benzene ring substituents is 1. The van der Waals surface area contributed by atoms with Gasteiger partial charge in [0.25, 0.3) is 17.5 Å². The fraction of sp³-hybridized carbons (Fsp3) is 0.0938. The van der Waals surface area contributed by atoms with Gasteiger partial charge in [0.1, 0.15) is 11.5 Å². The molecule has 0 fully saturated rings. The minimum Gasteiger partial charge on any atom is -0.325 e. The Bertz CT molecular complexity index is 1690. The van der Waals surface area contributed by atoms with E-state index in [-0.39, 0.29) is 22.9 Å². The molecular formula is C32H27FN4O5S. The first-order valence-electron chi connectivity index (χ1n) is 13.1. The molecule has 1 atom stereocenters. The van der Waals surface area contributed by atoms with Gasteiger partial charge in [0.05, 0.1) is 10.2 Å². The summed E-state index contributed by atoms with van der Waals surface area (Å²) in [6.07, 6.45) is 1.27. The molecule has 218 valence electrons. The molecule has 0 saturated carbocycles. The molecule has 9 nitrogen and oxygen atoms in total. The second-order valence-corrected chi connectivity index (χ2v) is 10.8. The number of amides is 3. The average Bonchev–Trinajstić information content (AvgIpc) is 3.00. The lowest BCUT2D eigenvalue weighted by Crippen LogP contribution is -2.30. The summed E-state index contributed by atoms with van der Waals surface area (Å²) in [4.78, 5) is 49.9. The largest absolute Gasteiger partial charge is 0.325 e. The lowest BCUT2D eigenvalue weighted by molar-refractivity contribution is -0.384. The molecule has 0 spiro atoms. The highest BCUT2D eigenvalue weighted by molar-refractivity contribution is 8.00. The SMILES string of the molecule is Cc1cc([N+](=O)[O-])ccc1NC(=O)C(C)Sc1ccc(NC(=O)/C(=C/c2ccccc2F)NC(=O)c2ccccc2)cc1. The molecule has 0 bridgehead atoms. The minimum absolute atomic E-state index is 0.0569. The highest BCUT2D eigenvalue weighted by Crippen LogP contribution is 2.27. The van der Waals surface area contributed by atoms with Gasteiger partial charge in [-0.3, -0.25) is 24.5 Å². The molecule has 4 aromatic rings. The van der Waals surface area contributed by atoms with E-state index in [1.807, 2.05) is 0 Å². The molecule has 0 aliphatic heterocycles. The van der Waals surface area contributed by atoms with Gasteiger partial charge in [0.2, 0.25) is 5.91 Å². The zero-order valence-corrected chi connectivity index (χ0v) is 24.0.